The summed E-state index contributed by atoms with van der Waals surface area (Å²) in [5, 5.41) is 22.2. The molecule has 0 aliphatic carbocycles. The number of aliphatic carboxylic acids is 1. The zero-order valence-electron chi connectivity index (χ0n) is 12.3. The molecule has 21 heavy (non-hydrogen) atoms. The highest BCUT2D eigenvalue weighted by atomic mass is 16.5. The number of carboxylic acid groups (broad SMARTS) is 1. The average molecular weight is 293 g/mol. The van der Waals surface area contributed by atoms with Gasteiger partial charge >= 0.3 is 5.97 Å². The molecule has 5 nitrogen and oxygen atoms in total. The highest BCUT2D eigenvalue weighted by molar-refractivity contribution is 5.67. The van der Waals surface area contributed by atoms with Gasteiger partial charge in [0.25, 0.3) is 0 Å². The molecule has 1 aromatic rings. The molecule has 0 fully saturated rings. The third-order valence-electron chi connectivity index (χ3n) is 2.99. The van der Waals surface area contributed by atoms with E-state index in [9.17, 15) is 9.90 Å². The Morgan fingerprint density at radius 2 is 2.10 bits per heavy atom. The molecule has 0 amide bonds. The van der Waals surface area contributed by atoms with Crippen molar-refractivity contribution in [3.8, 4) is 5.75 Å². The number of carboxylic acids is 1. The van der Waals surface area contributed by atoms with Gasteiger partial charge in [-0.2, -0.15) is 0 Å². The van der Waals surface area contributed by atoms with Gasteiger partial charge in [-0.1, -0.05) is 25.1 Å². The van der Waals surface area contributed by atoms with Crippen molar-refractivity contribution in [2.24, 2.45) is 0 Å². The van der Waals surface area contributed by atoms with E-state index in [1.54, 1.807) is 30.3 Å². The Kier molecular flexibility index (Phi) is 7.50. The van der Waals surface area contributed by atoms with E-state index < -0.39 is 18.1 Å². The summed E-state index contributed by atoms with van der Waals surface area (Å²) in [6, 6.07) is 6.49. The van der Waals surface area contributed by atoms with Gasteiger partial charge in [-0.05, 0) is 24.1 Å². The number of hydrogen-bond acceptors (Lipinski definition) is 4. The van der Waals surface area contributed by atoms with E-state index in [1.165, 1.54) is 0 Å². The van der Waals surface area contributed by atoms with Gasteiger partial charge < -0.3 is 20.3 Å². The smallest absolute Gasteiger partial charge is 0.305 e. The number of rotatable bonds is 10. The van der Waals surface area contributed by atoms with Crippen molar-refractivity contribution in [3.05, 3.63) is 42.5 Å². The van der Waals surface area contributed by atoms with Gasteiger partial charge in [0.2, 0.25) is 0 Å². The van der Waals surface area contributed by atoms with Crippen LogP contribution in [-0.4, -0.2) is 35.4 Å². The Bertz CT molecular complexity index is 444. The first-order chi connectivity index (χ1) is 10.1. The molecule has 5 heteroatoms. The van der Waals surface area contributed by atoms with Gasteiger partial charge in [-0.25, -0.2) is 0 Å². The van der Waals surface area contributed by atoms with Crippen LogP contribution in [0.25, 0.3) is 0 Å². The van der Waals surface area contributed by atoms with Crippen LogP contribution in [-0.2, 0) is 4.79 Å². The van der Waals surface area contributed by atoms with Crippen molar-refractivity contribution in [2.45, 2.75) is 31.9 Å². The zero-order valence-corrected chi connectivity index (χ0v) is 12.3. The Morgan fingerprint density at radius 1 is 1.43 bits per heavy atom. The largest absolute Gasteiger partial charge is 0.494 e. The summed E-state index contributed by atoms with van der Waals surface area (Å²) in [5.74, 6) is -0.222. The predicted molar refractivity (Wildman–Crippen MR) is 81.4 cm³/mol. The molecule has 0 heterocycles. The van der Waals surface area contributed by atoms with Crippen molar-refractivity contribution in [1.82, 2.24) is 5.32 Å². The normalized spacial score (nSPS) is 13.4. The summed E-state index contributed by atoms with van der Waals surface area (Å²) < 4.78 is 5.48. The first-order valence-electron chi connectivity index (χ1n) is 7.05. The molecule has 0 aromatic heterocycles. The van der Waals surface area contributed by atoms with E-state index in [4.69, 9.17) is 9.84 Å². The van der Waals surface area contributed by atoms with Crippen molar-refractivity contribution in [3.63, 3.8) is 0 Å². The number of ether oxygens (including phenoxy) is 1. The topological polar surface area (TPSA) is 78.8 Å². The number of nitrogens with one attached hydrogen (secondary N) is 1. The summed E-state index contributed by atoms with van der Waals surface area (Å²) in [6.07, 6.45) is 1.49. The lowest BCUT2D eigenvalue weighted by Crippen LogP contribution is -2.37. The Hall–Kier alpha value is -1.85. The average Bonchev–Trinajstić information content (AvgIpc) is 2.49. The van der Waals surface area contributed by atoms with Gasteiger partial charge in [-0.3, -0.25) is 4.79 Å². The summed E-state index contributed by atoms with van der Waals surface area (Å²) >= 11 is 0. The van der Waals surface area contributed by atoms with E-state index in [2.05, 4.69) is 11.9 Å². The predicted octanol–water partition coefficient (Wildman–Crippen LogP) is 2.13. The summed E-state index contributed by atoms with van der Waals surface area (Å²) in [5.41, 5.74) is 0.654. The quantitative estimate of drug-likeness (QED) is 0.576. The third-order valence-corrected chi connectivity index (χ3v) is 2.99. The lowest BCUT2D eigenvalue weighted by atomic mass is 9.99. The van der Waals surface area contributed by atoms with Crippen LogP contribution in [0.2, 0.25) is 0 Å². The second-order valence-electron chi connectivity index (χ2n) is 4.76. The minimum Gasteiger partial charge on any atom is -0.494 e. The molecule has 2 atom stereocenters. The van der Waals surface area contributed by atoms with Crippen molar-refractivity contribution >= 4 is 5.97 Å². The molecular weight excluding hydrogens is 270 g/mol. The fourth-order valence-corrected chi connectivity index (χ4v) is 1.93. The molecule has 0 spiro atoms. The first-order valence-corrected chi connectivity index (χ1v) is 7.05. The van der Waals surface area contributed by atoms with Gasteiger partial charge in [-0.15, -0.1) is 6.58 Å². The fraction of sp³-hybridized carbons (Fsp3) is 0.438. The molecule has 0 saturated heterocycles. The van der Waals surface area contributed by atoms with Gasteiger partial charge in [0, 0.05) is 12.6 Å². The zero-order chi connectivity index (χ0) is 15.7. The van der Waals surface area contributed by atoms with Crippen LogP contribution in [0.1, 0.15) is 31.4 Å². The fourth-order valence-electron chi connectivity index (χ4n) is 1.93. The lowest BCUT2D eigenvalue weighted by molar-refractivity contribution is -0.138. The Labute approximate surface area is 125 Å². The molecule has 0 aliphatic heterocycles. The second-order valence-corrected chi connectivity index (χ2v) is 4.76. The standard InChI is InChI=1S/C16H23NO4/c1-3-9-17-14(11-15(18)19)16(20)12-5-7-13(8-6-12)21-10-4-2/h3,5-8,14,16-17,20H,1,4,9-11H2,2H3,(H,18,19). The van der Waals surface area contributed by atoms with Crippen LogP contribution in [0.15, 0.2) is 36.9 Å². The number of benzene rings is 1. The van der Waals surface area contributed by atoms with E-state index >= 15 is 0 Å². The SMILES string of the molecule is C=CCNC(CC(=O)O)C(O)c1ccc(OCCC)cc1. The molecule has 1 aromatic carbocycles. The first kappa shape index (κ1) is 17.2. The summed E-state index contributed by atoms with van der Waals surface area (Å²) in [6.45, 7) is 6.68. The van der Waals surface area contributed by atoms with Crippen molar-refractivity contribution in [1.29, 1.82) is 0 Å². The number of aliphatic hydroxyl groups is 1. The molecule has 0 saturated carbocycles. The van der Waals surface area contributed by atoms with Crippen LogP contribution >= 0.6 is 0 Å². The van der Waals surface area contributed by atoms with E-state index in [0.29, 0.717) is 18.7 Å². The minimum atomic E-state index is -0.960. The van der Waals surface area contributed by atoms with Crippen LogP contribution in [0.3, 0.4) is 0 Å². The molecule has 0 bridgehead atoms. The highest BCUT2D eigenvalue weighted by Crippen LogP contribution is 2.22. The molecule has 0 radical (unpaired) electrons. The van der Waals surface area contributed by atoms with Crippen molar-refractivity contribution < 1.29 is 19.7 Å². The maximum Gasteiger partial charge on any atom is 0.305 e. The third kappa shape index (κ3) is 5.97. The van der Waals surface area contributed by atoms with Gasteiger partial charge in [0.1, 0.15) is 5.75 Å². The monoisotopic (exact) mass is 293 g/mol. The summed E-state index contributed by atoms with van der Waals surface area (Å²) in [4.78, 5) is 10.9. The maximum absolute atomic E-state index is 10.9. The number of carbonyl (C=O) groups is 1. The lowest BCUT2D eigenvalue weighted by Gasteiger charge is -2.22. The van der Waals surface area contributed by atoms with Crippen molar-refractivity contribution in [2.75, 3.05) is 13.2 Å². The van der Waals surface area contributed by atoms with E-state index in [-0.39, 0.29) is 6.42 Å². The maximum atomic E-state index is 10.9. The molecule has 2 unspecified atom stereocenters. The number of hydrogen-bond donors (Lipinski definition) is 3. The number of aliphatic hydroxyl groups excluding tert-OH is 1. The molecular formula is C16H23NO4. The van der Waals surface area contributed by atoms with E-state index in [0.717, 1.165) is 12.2 Å². The molecule has 3 N–H and O–H groups in total. The second kappa shape index (κ2) is 9.15. The summed E-state index contributed by atoms with van der Waals surface area (Å²) in [7, 11) is 0. The minimum absolute atomic E-state index is 0.164. The van der Waals surface area contributed by atoms with E-state index in [1.807, 2.05) is 6.92 Å². The van der Waals surface area contributed by atoms with Crippen LogP contribution in [0, 0.1) is 0 Å². The molecule has 116 valence electrons. The van der Waals surface area contributed by atoms with Crippen LogP contribution in [0.4, 0.5) is 0 Å². The molecule has 1 rings (SSSR count). The Balaban J connectivity index is 2.74. The van der Waals surface area contributed by atoms with Gasteiger partial charge in [0.05, 0.1) is 19.1 Å². The van der Waals surface area contributed by atoms with Gasteiger partial charge in [0.15, 0.2) is 0 Å². The van der Waals surface area contributed by atoms with Crippen LogP contribution < -0.4 is 10.1 Å². The Morgan fingerprint density at radius 3 is 2.62 bits per heavy atom. The highest BCUT2D eigenvalue weighted by Gasteiger charge is 2.22. The van der Waals surface area contributed by atoms with Crippen LogP contribution in [0.5, 0.6) is 5.75 Å². The molecule has 0 aliphatic rings.